The van der Waals surface area contributed by atoms with Crippen LogP contribution in [0.5, 0.6) is 0 Å². The molecule has 0 fully saturated rings. The van der Waals surface area contributed by atoms with Crippen molar-refractivity contribution in [3.8, 4) is 0 Å². The Bertz CT molecular complexity index is 956. The molecule has 0 aliphatic rings. The predicted octanol–water partition coefficient (Wildman–Crippen LogP) is 2.65. The Morgan fingerprint density at radius 3 is 2.68 bits per heavy atom. The number of thioether (sulfide) groups is 1. The van der Waals surface area contributed by atoms with Gasteiger partial charge in [0.15, 0.2) is 0 Å². The summed E-state index contributed by atoms with van der Waals surface area (Å²) in [5.41, 5.74) is 3.82. The fraction of sp³-hybridized carbons (Fsp3) is 0.400. The Morgan fingerprint density at radius 2 is 1.96 bits per heavy atom. The molecule has 148 valence electrons. The standard InChI is InChI=1S/C20H26N6OS/c1-14-17(15(2)26-19(22-14)23-20(24-26)28-4)13-18(27)21-11-8-12-25(3)16-9-6-5-7-10-16/h5-7,9-10H,8,11-13H2,1-4H3,(H,21,27). The molecular weight excluding hydrogens is 372 g/mol. The van der Waals surface area contributed by atoms with Crippen molar-refractivity contribution in [1.82, 2.24) is 24.9 Å². The van der Waals surface area contributed by atoms with E-state index < -0.39 is 0 Å². The van der Waals surface area contributed by atoms with Gasteiger partial charge >= 0.3 is 0 Å². The smallest absolute Gasteiger partial charge is 0.253 e. The maximum atomic E-state index is 12.4. The third kappa shape index (κ3) is 4.62. The van der Waals surface area contributed by atoms with E-state index in [0.717, 1.165) is 29.9 Å². The summed E-state index contributed by atoms with van der Waals surface area (Å²) in [4.78, 5) is 23.5. The molecule has 1 amide bonds. The Balaban J connectivity index is 1.55. The first-order valence-electron chi connectivity index (χ1n) is 9.29. The lowest BCUT2D eigenvalue weighted by Gasteiger charge is -2.19. The number of benzene rings is 1. The highest BCUT2D eigenvalue weighted by Gasteiger charge is 2.15. The van der Waals surface area contributed by atoms with Crippen molar-refractivity contribution in [2.75, 3.05) is 31.3 Å². The van der Waals surface area contributed by atoms with Crippen molar-refractivity contribution in [3.63, 3.8) is 0 Å². The van der Waals surface area contributed by atoms with Crippen molar-refractivity contribution in [2.45, 2.75) is 31.8 Å². The van der Waals surface area contributed by atoms with Gasteiger partial charge in [-0.2, -0.15) is 4.98 Å². The highest BCUT2D eigenvalue weighted by molar-refractivity contribution is 7.98. The Labute approximate surface area is 169 Å². The van der Waals surface area contributed by atoms with E-state index in [4.69, 9.17) is 0 Å². The number of anilines is 1. The monoisotopic (exact) mass is 398 g/mol. The quantitative estimate of drug-likeness (QED) is 0.464. The minimum absolute atomic E-state index is 0.0000746. The number of aryl methyl sites for hydroxylation is 2. The van der Waals surface area contributed by atoms with E-state index in [1.54, 1.807) is 4.52 Å². The SMILES string of the molecule is CSc1nc2nc(C)c(CC(=O)NCCCN(C)c3ccccc3)c(C)n2n1. The van der Waals surface area contributed by atoms with Gasteiger partial charge in [-0.15, -0.1) is 5.10 Å². The molecule has 0 aliphatic heterocycles. The normalized spacial score (nSPS) is 11.0. The lowest BCUT2D eigenvalue weighted by atomic mass is 10.1. The topological polar surface area (TPSA) is 75.4 Å². The third-order valence-electron chi connectivity index (χ3n) is 4.74. The van der Waals surface area contributed by atoms with Crippen LogP contribution in [0.4, 0.5) is 5.69 Å². The van der Waals surface area contributed by atoms with E-state index in [2.05, 4.69) is 44.5 Å². The molecule has 0 saturated carbocycles. The molecule has 0 bridgehead atoms. The van der Waals surface area contributed by atoms with Crippen molar-refractivity contribution in [2.24, 2.45) is 0 Å². The maximum absolute atomic E-state index is 12.4. The number of carbonyl (C=O) groups excluding carboxylic acids is 1. The number of nitrogens with zero attached hydrogens (tertiary/aromatic N) is 5. The van der Waals surface area contributed by atoms with E-state index in [1.807, 2.05) is 38.3 Å². The van der Waals surface area contributed by atoms with E-state index in [1.165, 1.54) is 17.4 Å². The van der Waals surface area contributed by atoms with Gasteiger partial charge in [-0.3, -0.25) is 4.79 Å². The summed E-state index contributed by atoms with van der Waals surface area (Å²) < 4.78 is 1.72. The molecule has 0 radical (unpaired) electrons. The van der Waals surface area contributed by atoms with Gasteiger partial charge in [-0.25, -0.2) is 9.50 Å². The number of rotatable bonds is 8. The van der Waals surface area contributed by atoms with Crippen molar-refractivity contribution in [1.29, 1.82) is 0 Å². The highest BCUT2D eigenvalue weighted by Crippen LogP contribution is 2.17. The summed E-state index contributed by atoms with van der Waals surface area (Å²) in [5, 5.41) is 8.13. The Hall–Kier alpha value is -2.61. The summed E-state index contributed by atoms with van der Waals surface area (Å²) in [7, 11) is 2.06. The number of amides is 1. The summed E-state index contributed by atoms with van der Waals surface area (Å²) in [6, 6.07) is 10.2. The first-order chi connectivity index (χ1) is 13.5. The van der Waals surface area contributed by atoms with Crippen LogP contribution in [0.1, 0.15) is 23.4 Å². The van der Waals surface area contributed by atoms with Crippen molar-refractivity contribution >= 4 is 29.1 Å². The number of nitrogens with one attached hydrogen (secondary N) is 1. The number of fused-ring (bicyclic) bond motifs is 1. The molecule has 0 aliphatic carbocycles. The largest absolute Gasteiger partial charge is 0.375 e. The van der Waals surface area contributed by atoms with Gasteiger partial charge in [0, 0.05) is 42.8 Å². The molecule has 7 nitrogen and oxygen atoms in total. The van der Waals surface area contributed by atoms with E-state index in [9.17, 15) is 4.79 Å². The third-order valence-corrected chi connectivity index (χ3v) is 5.28. The molecule has 3 rings (SSSR count). The molecule has 0 spiro atoms. The fourth-order valence-electron chi connectivity index (χ4n) is 3.11. The molecule has 0 atom stereocenters. The fourth-order valence-corrected chi connectivity index (χ4v) is 3.45. The Morgan fingerprint density at radius 1 is 1.21 bits per heavy atom. The van der Waals surface area contributed by atoms with Crippen LogP contribution in [-0.2, 0) is 11.2 Å². The number of carbonyl (C=O) groups is 1. The molecule has 3 aromatic rings. The lowest BCUT2D eigenvalue weighted by molar-refractivity contribution is -0.120. The number of hydrogen-bond donors (Lipinski definition) is 1. The van der Waals surface area contributed by atoms with Crippen LogP contribution in [0.25, 0.3) is 5.78 Å². The number of hydrogen-bond acceptors (Lipinski definition) is 6. The predicted molar refractivity (Wildman–Crippen MR) is 113 cm³/mol. The maximum Gasteiger partial charge on any atom is 0.253 e. The highest BCUT2D eigenvalue weighted by atomic mass is 32.2. The molecule has 2 heterocycles. The summed E-state index contributed by atoms with van der Waals surface area (Å²) in [5.74, 6) is 0.576. The first-order valence-corrected chi connectivity index (χ1v) is 10.5. The van der Waals surface area contributed by atoms with E-state index in [-0.39, 0.29) is 5.91 Å². The summed E-state index contributed by atoms with van der Waals surface area (Å²) in [6.45, 7) is 5.39. The van der Waals surface area contributed by atoms with Crippen molar-refractivity contribution < 1.29 is 4.79 Å². The van der Waals surface area contributed by atoms with Crippen molar-refractivity contribution in [3.05, 3.63) is 47.3 Å². The molecule has 1 aromatic carbocycles. The van der Waals surface area contributed by atoms with Crippen LogP contribution in [0.3, 0.4) is 0 Å². The minimum Gasteiger partial charge on any atom is -0.375 e. The van der Waals surface area contributed by atoms with Gasteiger partial charge in [-0.1, -0.05) is 30.0 Å². The zero-order valence-corrected chi connectivity index (χ0v) is 17.6. The number of para-hydroxylation sites is 1. The summed E-state index contributed by atoms with van der Waals surface area (Å²) >= 11 is 1.48. The molecule has 0 saturated heterocycles. The summed E-state index contributed by atoms with van der Waals surface area (Å²) in [6.07, 6.45) is 3.11. The number of aromatic nitrogens is 4. The average molecular weight is 399 g/mol. The molecule has 28 heavy (non-hydrogen) atoms. The lowest BCUT2D eigenvalue weighted by Crippen LogP contribution is -2.30. The van der Waals surface area contributed by atoms with Crippen LogP contribution in [0.15, 0.2) is 35.5 Å². The minimum atomic E-state index is -0.0000746. The van der Waals surface area contributed by atoms with Gasteiger partial charge in [0.2, 0.25) is 11.1 Å². The van der Waals surface area contributed by atoms with Crippen LogP contribution in [0.2, 0.25) is 0 Å². The van der Waals surface area contributed by atoms with E-state index >= 15 is 0 Å². The van der Waals surface area contributed by atoms with Crippen LogP contribution < -0.4 is 10.2 Å². The second kappa shape index (κ2) is 9.05. The second-order valence-electron chi connectivity index (χ2n) is 6.71. The van der Waals surface area contributed by atoms with Crippen LogP contribution >= 0.6 is 11.8 Å². The zero-order valence-electron chi connectivity index (χ0n) is 16.8. The first kappa shape index (κ1) is 20.1. The second-order valence-corrected chi connectivity index (χ2v) is 7.48. The van der Waals surface area contributed by atoms with Crippen LogP contribution in [0, 0.1) is 13.8 Å². The van der Waals surface area contributed by atoms with E-state index in [0.29, 0.717) is 23.9 Å². The molecule has 8 heteroatoms. The van der Waals surface area contributed by atoms with Gasteiger partial charge < -0.3 is 10.2 Å². The zero-order chi connectivity index (χ0) is 20.1. The van der Waals surface area contributed by atoms with Gasteiger partial charge in [0.25, 0.3) is 5.78 Å². The molecule has 2 aromatic heterocycles. The van der Waals surface area contributed by atoms with Gasteiger partial charge in [0.1, 0.15) is 0 Å². The van der Waals surface area contributed by atoms with Gasteiger partial charge in [-0.05, 0) is 38.7 Å². The van der Waals surface area contributed by atoms with Gasteiger partial charge in [0.05, 0.1) is 6.42 Å². The molecular formula is C20H26N6OS. The average Bonchev–Trinajstić information content (AvgIpc) is 3.12. The Kier molecular flexibility index (Phi) is 6.51. The van der Waals surface area contributed by atoms with Crippen LogP contribution in [-0.4, -0.2) is 51.9 Å². The molecule has 1 N–H and O–H groups in total. The molecule has 0 unspecified atom stereocenters.